The van der Waals surface area contributed by atoms with Crippen LogP contribution in [0.3, 0.4) is 0 Å². The van der Waals surface area contributed by atoms with Crippen molar-refractivity contribution < 1.29 is 9.90 Å². The normalized spacial score (nSPS) is 10.8. The number of hydrogen-bond acceptors (Lipinski definition) is 3. The molecular formula is C20H43ClN2O2. The molecule has 0 heterocycles. The predicted molar refractivity (Wildman–Crippen MR) is 111 cm³/mol. The van der Waals surface area contributed by atoms with Crippen molar-refractivity contribution >= 4 is 18.4 Å². The lowest BCUT2D eigenvalue weighted by atomic mass is 10.1. The summed E-state index contributed by atoms with van der Waals surface area (Å²) in [6.45, 7) is 8.65. The largest absolute Gasteiger partial charge is 0.480 e. The average Bonchev–Trinajstić information content (AvgIpc) is 2.56. The van der Waals surface area contributed by atoms with E-state index >= 15 is 0 Å². The molecule has 25 heavy (non-hydrogen) atoms. The lowest BCUT2D eigenvalue weighted by Gasteiger charge is -2.22. The van der Waals surface area contributed by atoms with Crippen LogP contribution < -0.4 is 5.32 Å². The van der Waals surface area contributed by atoms with Gasteiger partial charge < -0.3 is 15.3 Å². The zero-order chi connectivity index (χ0) is 17.9. The number of halogens is 1. The van der Waals surface area contributed by atoms with Crippen molar-refractivity contribution in [3.63, 3.8) is 0 Å². The number of carbonyl (C=O) groups is 1. The molecule has 0 spiro atoms. The first-order chi connectivity index (χ1) is 11.7. The number of hydrogen-bond donors (Lipinski definition) is 2. The van der Waals surface area contributed by atoms with Crippen molar-refractivity contribution in [3.05, 3.63) is 0 Å². The lowest BCUT2D eigenvalue weighted by Crippen LogP contribution is -2.35. The van der Waals surface area contributed by atoms with E-state index in [1.807, 2.05) is 0 Å². The second kappa shape index (κ2) is 21.7. The molecule has 0 rings (SSSR count). The third kappa shape index (κ3) is 21.6. The van der Waals surface area contributed by atoms with Crippen LogP contribution in [0, 0.1) is 0 Å². The Morgan fingerprint density at radius 3 is 1.64 bits per heavy atom. The quantitative estimate of drug-likeness (QED) is 0.307. The predicted octanol–water partition coefficient (Wildman–Crippen LogP) is 5.11. The Balaban J connectivity index is 0. The highest BCUT2D eigenvalue weighted by Gasteiger charge is 2.05. The number of nitrogens with one attached hydrogen (secondary N) is 1. The minimum atomic E-state index is -0.770. The van der Waals surface area contributed by atoms with Crippen LogP contribution in [-0.4, -0.2) is 48.7 Å². The fourth-order valence-electron chi connectivity index (χ4n) is 3.00. The smallest absolute Gasteiger partial charge is 0.317 e. The third-order valence-electron chi connectivity index (χ3n) is 4.54. The van der Waals surface area contributed by atoms with E-state index in [0.717, 1.165) is 26.2 Å². The number of nitrogens with zero attached hydrogens (tertiary/aromatic N) is 1. The zero-order valence-electron chi connectivity index (χ0n) is 16.7. The van der Waals surface area contributed by atoms with E-state index in [1.54, 1.807) is 0 Å². The number of carboxylic acid groups (broad SMARTS) is 1. The van der Waals surface area contributed by atoms with E-state index in [9.17, 15) is 4.79 Å². The van der Waals surface area contributed by atoms with Gasteiger partial charge in [-0.3, -0.25) is 4.79 Å². The molecule has 0 aromatic rings. The maximum Gasteiger partial charge on any atom is 0.317 e. The lowest BCUT2D eigenvalue weighted by molar-refractivity contribution is -0.135. The first kappa shape index (κ1) is 26.9. The third-order valence-corrected chi connectivity index (χ3v) is 4.54. The van der Waals surface area contributed by atoms with E-state index < -0.39 is 5.97 Å². The first-order valence-electron chi connectivity index (χ1n) is 10.4. The summed E-state index contributed by atoms with van der Waals surface area (Å²) < 4.78 is 0. The second-order valence-electron chi connectivity index (χ2n) is 6.95. The molecule has 5 heteroatoms. The molecular weight excluding hydrogens is 336 g/mol. The molecule has 0 aromatic heterocycles. The summed E-state index contributed by atoms with van der Waals surface area (Å²) in [5.41, 5.74) is 0. The Kier molecular flexibility index (Phi) is 23.4. The van der Waals surface area contributed by atoms with Crippen molar-refractivity contribution in [1.82, 2.24) is 10.2 Å². The summed E-state index contributed by atoms with van der Waals surface area (Å²) in [4.78, 5) is 13.1. The maximum absolute atomic E-state index is 10.6. The van der Waals surface area contributed by atoms with Crippen LogP contribution in [0.4, 0.5) is 0 Å². The SMILES string of the molecule is CCCCCCCCN(CCCCCCCC)CCNCC(=O)O.Cl. The Hall–Kier alpha value is -0.320. The van der Waals surface area contributed by atoms with Gasteiger partial charge in [0, 0.05) is 13.1 Å². The molecule has 0 fully saturated rings. The van der Waals surface area contributed by atoms with Crippen molar-refractivity contribution in [2.75, 3.05) is 32.7 Å². The van der Waals surface area contributed by atoms with Gasteiger partial charge in [-0.1, -0.05) is 78.1 Å². The maximum atomic E-state index is 10.6. The van der Waals surface area contributed by atoms with Crippen LogP contribution in [0.5, 0.6) is 0 Å². The van der Waals surface area contributed by atoms with E-state index in [-0.39, 0.29) is 19.0 Å². The molecule has 0 bridgehead atoms. The monoisotopic (exact) mass is 378 g/mol. The molecule has 0 saturated carbocycles. The Labute approximate surface area is 162 Å². The fraction of sp³-hybridized carbons (Fsp3) is 0.950. The van der Waals surface area contributed by atoms with Crippen LogP contribution in [-0.2, 0) is 4.79 Å². The molecule has 0 radical (unpaired) electrons. The minimum Gasteiger partial charge on any atom is -0.480 e. The first-order valence-corrected chi connectivity index (χ1v) is 10.4. The summed E-state index contributed by atoms with van der Waals surface area (Å²) in [5, 5.41) is 11.7. The molecule has 0 aliphatic rings. The van der Waals surface area contributed by atoms with Crippen LogP contribution in [0.15, 0.2) is 0 Å². The van der Waals surface area contributed by atoms with Gasteiger partial charge in [0.15, 0.2) is 0 Å². The molecule has 0 unspecified atom stereocenters. The van der Waals surface area contributed by atoms with E-state index in [1.165, 1.54) is 77.0 Å². The van der Waals surface area contributed by atoms with Crippen molar-refractivity contribution in [2.45, 2.75) is 90.9 Å². The van der Waals surface area contributed by atoms with Gasteiger partial charge in [0.05, 0.1) is 6.54 Å². The van der Waals surface area contributed by atoms with Gasteiger partial charge in [-0.05, 0) is 25.9 Å². The summed E-state index contributed by atoms with van der Waals surface area (Å²) in [5.74, 6) is -0.770. The fourth-order valence-corrected chi connectivity index (χ4v) is 3.00. The Morgan fingerprint density at radius 1 is 0.760 bits per heavy atom. The molecule has 4 nitrogen and oxygen atoms in total. The number of carboxylic acids is 1. The van der Waals surface area contributed by atoms with Gasteiger partial charge in [-0.15, -0.1) is 12.4 Å². The van der Waals surface area contributed by atoms with E-state index in [2.05, 4.69) is 24.1 Å². The number of aliphatic carboxylic acids is 1. The molecule has 152 valence electrons. The molecule has 0 aliphatic heterocycles. The topological polar surface area (TPSA) is 52.6 Å². The van der Waals surface area contributed by atoms with Crippen molar-refractivity contribution in [1.29, 1.82) is 0 Å². The number of unbranched alkanes of at least 4 members (excludes halogenated alkanes) is 10. The standard InChI is InChI=1S/C20H42N2O2.ClH/c1-3-5-7-9-11-13-16-22(18-15-21-19-20(23)24)17-14-12-10-8-6-4-2;/h21H,3-19H2,1-2H3,(H,23,24);1H. The summed E-state index contributed by atoms with van der Waals surface area (Å²) in [7, 11) is 0. The van der Waals surface area contributed by atoms with Gasteiger partial charge in [-0.2, -0.15) is 0 Å². The molecule has 0 aliphatic carbocycles. The highest BCUT2D eigenvalue weighted by molar-refractivity contribution is 5.85. The van der Waals surface area contributed by atoms with Crippen LogP contribution >= 0.6 is 12.4 Å². The van der Waals surface area contributed by atoms with Crippen LogP contribution in [0.1, 0.15) is 90.9 Å². The summed E-state index contributed by atoms with van der Waals surface area (Å²) >= 11 is 0. The van der Waals surface area contributed by atoms with E-state index in [0.29, 0.717) is 0 Å². The van der Waals surface area contributed by atoms with Gasteiger partial charge in [0.1, 0.15) is 0 Å². The highest BCUT2D eigenvalue weighted by atomic mass is 35.5. The van der Waals surface area contributed by atoms with Gasteiger partial charge in [0.25, 0.3) is 0 Å². The molecule has 0 atom stereocenters. The second-order valence-corrected chi connectivity index (χ2v) is 6.95. The van der Waals surface area contributed by atoms with E-state index in [4.69, 9.17) is 5.11 Å². The average molecular weight is 379 g/mol. The zero-order valence-corrected chi connectivity index (χ0v) is 17.5. The molecule has 0 aromatic carbocycles. The van der Waals surface area contributed by atoms with Gasteiger partial charge in [-0.25, -0.2) is 0 Å². The highest BCUT2D eigenvalue weighted by Crippen LogP contribution is 2.08. The summed E-state index contributed by atoms with van der Waals surface area (Å²) in [6.07, 6.45) is 16.0. The van der Waals surface area contributed by atoms with Crippen LogP contribution in [0.25, 0.3) is 0 Å². The van der Waals surface area contributed by atoms with Crippen molar-refractivity contribution in [2.24, 2.45) is 0 Å². The molecule has 2 N–H and O–H groups in total. The summed E-state index contributed by atoms with van der Waals surface area (Å²) in [6, 6.07) is 0. The van der Waals surface area contributed by atoms with Crippen LogP contribution in [0.2, 0.25) is 0 Å². The van der Waals surface area contributed by atoms with Crippen molar-refractivity contribution in [3.8, 4) is 0 Å². The molecule has 0 saturated heterocycles. The Morgan fingerprint density at radius 2 is 1.20 bits per heavy atom. The number of rotatable bonds is 19. The van der Waals surface area contributed by atoms with Gasteiger partial charge in [0.2, 0.25) is 0 Å². The van der Waals surface area contributed by atoms with Gasteiger partial charge >= 0.3 is 5.97 Å². The Bertz CT molecular complexity index is 262. The minimum absolute atomic E-state index is 0. The molecule has 0 amide bonds.